The van der Waals surface area contributed by atoms with E-state index in [0.717, 1.165) is 23.2 Å². The molecule has 3 nitrogen and oxygen atoms in total. The number of aryl methyl sites for hydroxylation is 1. The number of carbonyl (C=O) groups is 1. The Morgan fingerprint density at radius 2 is 1.78 bits per heavy atom. The lowest BCUT2D eigenvalue weighted by atomic mass is 10.1. The molecule has 0 bridgehead atoms. The van der Waals surface area contributed by atoms with Crippen molar-refractivity contribution in [2.24, 2.45) is 0 Å². The molecule has 0 radical (unpaired) electrons. The first-order chi connectivity index (χ1) is 12.9. The number of nitrogens with zero attached hydrogens (tertiary/aromatic N) is 1. The summed E-state index contributed by atoms with van der Waals surface area (Å²) in [5.41, 5.74) is 6.92. The standard InChI is InChI=1S/C23H25FN2O/c1-5-21-16(3)22(23(27)25-20-11-9-19(24)10-12-20)26(17(21)4)14-18-8-6-7-15(2)13-18/h6-13H,5,14H2,1-4H3,(H,25,27). The topological polar surface area (TPSA) is 34.0 Å². The van der Waals surface area contributed by atoms with Crippen LogP contribution in [-0.2, 0) is 13.0 Å². The maximum Gasteiger partial charge on any atom is 0.272 e. The van der Waals surface area contributed by atoms with Crippen LogP contribution in [0.3, 0.4) is 0 Å². The molecule has 3 rings (SSSR count). The molecule has 1 N–H and O–H groups in total. The number of rotatable bonds is 5. The Morgan fingerprint density at radius 3 is 2.41 bits per heavy atom. The molecule has 140 valence electrons. The predicted octanol–water partition coefficient (Wildman–Crippen LogP) is 5.42. The van der Waals surface area contributed by atoms with Crippen LogP contribution in [0.4, 0.5) is 10.1 Å². The van der Waals surface area contributed by atoms with Crippen LogP contribution in [0.15, 0.2) is 48.5 Å². The zero-order valence-corrected chi connectivity index (χ0v) is 16.3. The van der Waals surface area contributed by atoms with Crippen LogP contribution in [0, 0.1) is 26.6 Å². The van der Waals surface area contributed by atoms with Gasteiger partial charge < -0.3 is 9.88 Å². The zero-order chi connectivity index (χ0) is 19.6. The fourth-order valence-corrected chi connectivity index (χ4v) is 3.68. The molecular formula is C23H25FN2O. The highest BCUT2D eigenvalue weighted by Crippen LogP contribution is 2.25. The molecule has 0 fully saturated rings. The van der Waals surface area contributed by atoms with Gasteiger partial charge in [0.15, 0.2) is 0 Å². The van der Waals surface area contributed by atoms with Gasteiger partial charge in [0.2, 0.25) is 0 Å². The smallest absolute Gasteiger partial charge is 0.272 e. The molecule has 1 amide bonds. The Bertz CT molecular complexity index is 971. The van der Waals surface area contributed by atoms with Crippen molar-refractivity contribution < 1.29 is 9.18 Å². The van der Waals surface area contributed by atoms with Crippen LogP contribution in [0.2, 0.25) is 0 Å². The van der Waals surface area contributed by atoms with Gasteiger partial charge in [0.05, 0.1) is 0 Å². The lowest BCUT2D eigenvalue weighted by molar-refractivity contribution is 0.101. The third-order valence-electron chi connectivity index (χ3n) is 5.01. The third kappa shape index (κ3) is 3.95. The van der Waals surface area contributed by atoms with Gasteiger partial charge in [-0.3, -0.25) is 4.79 Å². The molecule has 0 saturated heterocycles. The van der Waals surface area contributed by atoms with Crippen molar-refractivity contribution in [3.05, 3.63) is 88.0 Å². The van der Waals surface area contributed by atoms with E-state index >= 15 is 0 Å². The highest BCUT2D eigenvalue weighted by Gasteiger charge is 2.22. The number of nitrogens with one attached hydrogen (secondary N) is 1. The summed E-state index contributed by atoms with van der Waals surface area (Å²) < 4.78 is 15.2. The molecule has 27 heavy (non-hydrogen) atoms. The van der Waals surface area contributed by atoms with E-state index in [0.29, 0.717) is 17.9 Å². The highest BCUT2D eigenvalue weighted by atomic mass is 19.1. The van der Waals surface area contributed by atoms with Crippen LogP contribution in [-0.4, -0.2) is 10.5 Å². The maximum absolute atomic E-state index is 13.1. The van der Waals surface area contributed by atoms with Crippen molar-refractivity contribution in [1.29, 1.82) is 0 Å². The summed E-state index contributed by atoms with van der Waals surface area (Å²) >= 11 is 0. The van der Waals surface area contributed by atoms with Gasteiger partial charge in [0, 0.05) is 17.9 Å². The third-order valence-corrected chi connectivity index (χ3v) is 5.01. The summed E-state index contributed by atoms with van der Waals surface area (Å²) in [6.07, 6.45) is 0.870. The summed E-state index contributed by atoms with van der Waals surface area (Å²) in [7, 11) is 0. The largest absolute Gasteiger partial charge is 0.336 e. The molecule has 0 atom stereocenters. The zero-order valence-electron chi connectivity index (χ0n) is 16.3. The van der Waals surface area contributed by atoms with Crippen molar-refractivity contribution >= 4 is 11.6 Å². The first-order valence-electron chi connectivity index (χ1n) is 9.21. The average molecular weight is 364 g/mol. The molecule has 3 aromatic rings. The van der Waals surface area contributed by atoms with Crippen molar-refractivity contribution in [3.8, 4) is 0 Å². The molecule has 4 heteroatoms. The molecule has 0 saturated carbocycles. The predicted molar refractivity (Wildman–Crippen MR) is 108 cm³/mol. The van der Waals surface area contributed by atoms with Gasteiger partial charge in [-0.1, -0.05) is 36.8 Å². The second-order valence-corrected chi connectivity index (χ2v) is 6.93. The van der Waals surface area contributed by atoms with Crippen molar-refractivity contribution in [2.45, 2.75) is 40.7 Å². The first kappa shape index (κ1) is 18.9. The summed E-state index contributed by atoms with van der Waals surface area (Å²) in [5.74, 6) is -0.495. The quantitative estimate of drug-likeness (QED) is 0.645. The number of aromatic nitrogens is 1. The summed E-state index contributed by atoms with van der Waals surface area (Å²) in [6, 6.07) is 14.2. The normalized spacial score (nSPS) is 10.9. The number of benzene rings is 2. The van der Waals surface area contributed by atoms with Gasteiger partial charge in [-0.25, -0.2) is 4.39 Å². The van der Waals surface area contributed by atoms with E-state index in [-0.39, 0.29) is 11.7 Å². The number of amides is 1. The lowest BCUT2D eigenvalue weighted by Crippen LogP contribution is -2.19. The number of anilines is 1. The van der Waals surface area contributed by atoms with E-state index in [1.165, 1.54) is 23.3 Å². The van der Waals surface area contributed by atoms with E-state index in [4.69, 9.17) is 0 Å². The number of hydrogen-bond acceptors (Lipinski definition) is 1. The van der Waals surface area contributed by atoms with Crippen molar-refractivity contribution in [1.82, 2.24) is 4.57 Å². The Morgan fingerprint density at radius 1 is 1.07 bits per heavy atom. The maximum atomic E-state index is 13.1. The van der Waals surface area contributed by atoms with Gasteiger partial charge >= 0.3 is 0 Å². The Balaban J connectivity index is 2.00. The van der Waals surface area contributed by atoms with E-state index in [9.17, 15) is 9.18 Å². The van der Waals surface area contributed by atoms with Gasteiger partial charge in [-0.2, -0.15) is 0 Å². The monoisotopic (exact) mass is 364 g/mol. The SMILES string of the molecule is CCc1c(C)c(C(=O)Nc2ccc(F)cc2)n(Cc2cccc(C)c2)c1C. The molecule has 0 unspecified atom stereocenters. The van der Waals surface area contributed by atoms with Crippen molar-refractivity contribution in [2.75, 3.05) is 5.32 Å². The molecule has 1 heterocycles. The minimum atomic E-state index is -0.323. The number of carbonyl (C=O) groups excluding carboxylic acids is 1. The summed E-state index contributed by atoms with van der Waals surface area (Å²) in [6.45, 7) is 8.87. The van der Waals surface area contributed by atoms with E-state index in [1.807, 2.05) is 13.0 Å². The Kier molecular flexibility index (Phi) is 5.45. The van der Waals surface area contributed by atoms with Gasteiger partial charge in [0.25, 0.3) is 5.91 Å². The molecule has 0 aliphatic carbocycles. The van der Waals surface area contributed by atoms with Crippen LogP contribution >= 0.6 is 0 Å². The van der Waals surface area contributed by atoms with Gasteiger partial charge in [0.1, 0.15) is 11.5 Å². The highest BCUT2D eigenvalue weighted by molar-refractivity contribution is 6.04. The summed E-state index contributed by atoms with van der Waals surface area (Å²) in [4.78, 5) is 13.1. The molecule has 0 spiro atoms. The van der Waals surface area contributed by atoms with Crippen LogP contribution in [0.5, 0.6) is 0 Å². The Labute approximate surface area is 159 Å². The molecular weight excluding hydrogens is 339 g/mol. The van der Waals surface area contributed by atoms with E-state index < -0.39 is 0 Å². The second kappa shape index (κ2) is 7.78. The van der Waals surface area contributed by atoms with E-state index in [1.54, 1.807) is 12.1 Å². The molecule has 1 aromatic heterocycles. The lowest BCUT2D eigenvalue weighted by Gasteiger charge is -2.13. The second-order valence-electron chi connectivity index (χ2n) is 6.93. The van der Waals surface area contributed by atoms with Crippen LogP contribution in [0.1, 0.15) is 45.4 Å². The fraction of sp³-hybridized carbons (Fsp3) is 0.261. The molecule has 0 aliphatic rings. The molecule has 0 aliphatic heterocycles. The van der Waals surface area contributed by atoms with Gasteiger partial charge in [-0.15, -0.1) is 0 Å². The minimum Gasteiger partial charge on any atom is -0.336 e. The van der Waals surface area contributed by atoms with E-state index in [2.05, 4.69) is 48.9 Å². The minimum absolute atomic E-state index is 0.172. The van der Waals surface area contributed by atoms with Gasteiger partial charge in [-0.05, 0) is 68.1 Å². The fourth-order valence-electron chi connectivity index (χ4n) is 3.68. The Hall–Kier alpha value is -2.88. The van der Waals surface area contributed by atoms with Crippen LogP contribution < -0.4 is 5.32 Å². The first-order valence-corrected chi connectivity index (χ1v) is 9.21. The number of hydrogen-bond donors (Lipinski definition) is 1. The average Bonchev–Trinajstić information content (AvgIpc) is 2.86. The van der Waals surface area contributed by atoms with Crippen LogP contribution in [0.25, 0.3) is 0 Å². The van der Waals surface area contributed by atoms with Crippen molar-refractivity contribution in [3.63, 3.8) is 0 Å². The summed E-state index contributed by atoms with van der Waals surface area (Å²) in [5, 5.41) is 2.90. The molecule has 2 aromatic carbocycles. The number of halogens is 1.